The van der Waals surface area contributed by atoms with Gasteiger partial charge in [-0.15, -0.1) is 0 Å². The summed E-state index contributed by atoms with van der Waals surface area (Å²) in [5, 5.41) is 16.9. The number of amides is 1. The molecule has 0 bridgehead atoms. The third kappa shape index (κ3) is 5.27. The number of thiazole rings is 1. The molecule has 0 radical (unpaired) electrons. The number of ether oxygens (including phenoxy) is 2. The van der Waals surface area contributed by atoms with E-state index in [1.54, 1.807) is 49.6 Å². The van der Waals surface area contributed by atoms with Crippen molar-refractivity contribution in [2.24, 2.45) is 5.10 Å². The lowest BCUT2D eigenvalue weighted by molar-refractivity contribution is -0.402. The Hall–Kier alpha value is -3.96. The highest BCUT2D eigenvalue weighted by molar-refractivity contribution is 7.22. The van der Waals surface area contributed by atoms with Crippen molar-refractivity contribution in [3.63, 3.8) is 0 Å². The molecule has 33 heavy (non-hydrogen) atoms. The van der Waals surface area contributed by atoms with Crippen LogP contribution in [-0.2, 0) is 4.79 Å². The number of anilines is 1. The fourth-order valence-electron chi connectivity index (χ4n) is 2.69. The maximum Gasteiger partial charge on any atom is 0.433 e. The van der Waals surface area contributed by atoms with Crippen LogP contribution in [0.15, 0.2) is 64.1 Å². The number of nitro groups is 1. The van der Waals surface area contributed by atoms with Gasteiger partial charge in [-0.2, -0.15) is 10.1 Å². The van der Waals surface area contributed by atoms with Gasteiger partial charge in [-0.1, -0.05) is 22.9 Å². The van der Waals surface area contributed by atoms with Gasteiger partial charge in [-0.05, 0) is 48.5 Å². The van der Waals surface area contributed by atoms with Crippen LogP contribution in [0, 0.1) is 10.1 Å². The standard InChI is InChI=1S/C21H15ClN4O6S/c1-30-15-6-8-17-18(10-15)33-21(24-17)25(23-11-16-7-9-20(32-16)26(28)29)19(27)12-31-14-4-2-13(22)3-5-14/h2-11H,12H2,1H3/b23-11+. The fourth-order valence-corrected chi connectivity index (χ4v) is 3.79. The maximum absolute atomic E-state index is 13.0. The monoisotopic (exact) mass is 486 g/mol. The van der Waals surface area contributed by atoms with Crippen LogP contribution in [0.5, 0.6) is 11.5 Å². The van der Waals surface area contributed by atoms with E-state index in [1.165, 1.54) is 29.7 Å². The topological polar surface area (TPSA) is 120 Å². The molecule has 0 saturated heterocycles. The molecule has 0 fully saturated rings. The molecule has 12 heteroatoms. The average Bonchev–Trinajstić information content (AvgIpc) is 3.45. The normalized spacial score (nSPS) is 11.1. The van der Waals surface area contributed by atoms with Gasteiger partial charge in [0.05, 0.1) is 29.6 Å². The second kappa shape index (κ2) is 9.67. The molecular weight excluding hydrogens is 472 g/mol. The molecule has 1 amide bonds. The Balaban J connectivity index is 1.61. The van der Waals surface area contributed by atoms with Crippen LogP contribution in [0.3, 0.4) is 0 Å². The van der Waals surface area contributed by atoms with E-state index in [4.69, 9.17) is 25.5 Å². The van der Waals surface area contributed by atoms with Gasteiger partial charge in [-0.3, -0.25) is 14.9 Å². The number of fused-ring (bicyclic) bond motifs is 1. The van der Waals surface area contributed by atoms with E-state index in [0.29, 0.717) is 22.0 Å². The first-order valence-corrected chi connectivity index (χ1v) is 10.6. The number of rotatable bonds is 8. The lowest BCUT2D eigenvalue weighted by Gasteiger charge is -2.14. The Morgan fingerprint density at radius 2 is 2.00 bits per heavy atom. The van der Waals surface area contributed by atoms with Gasteiger partial charge in [0.1, 0.15) is 16.4 Å². The molecule has 0 spiro atoms. The Labute approximate surface area is 195 Å². The molecule has 4 aromatic rings. The van der Waals surface area contributed by atoms with Gasteiger partial charge >= 0.3 is 5.88 Å². The van der Waals surface area contributed by atoms with Crippen LogP contribution in [0.1, 0.15) is 5.76 Å². The molecule has 0 aliphatic heterocycles. The van der Waals surface area contributed by atoms with Crippen LogP contribution in [0.2, 0.25) is 5.02 Å². The summed E-state index contributed by atoms with van der Waals surface area (Å²) in [4.78, 5) is 27.6. The lowest BCUT2D eigenvalue weighted by Crippen LogP contribution is -2.30. The van der Waals surface area contributed by atoms with E-state index in [9.17, 15) is 14.9 Å². The van der Waals surface area contributed by atoms with Crippen LogP contribution >= 0.6 is 22.9 Å². The molecule has 0 N–H and O–H groups in total. The highest BCUT2D eigenvalue weighted by Gasteiger charge is 2.21. The third-order valence-electron chi connectivity index (χ3n) is 4.27. The van der Waals surface area contributed by atoms with Crippen molar-refractivity contribution >= 4 is 56.3 Å². The number of benzene rings is 2. The van der Waals surface area contributed by atoms with Crippen molar-refractivity contribution in [2.75, 3.05) is 18.7 Å². The summed E-state index contributed by atoms with van der Waals surface area (Å²) in [7, 11) is 1.56. The number of furan rings is 1. The quantitative estimate of drug-likeness (QED) is 0.197. The van der Waals surface area contributed by atoms with Crippen LogP contribution < -0.4 is 14.5 Å². The number of hydrogen-bond acceptors (Lipinski definition) is 9. The largest absolute Gasteiger partial charge is 0.497 e. The molecule has 0 aliphatic carbocycles. The van der Waals surface area contributed by atoms with Crippen molar-refractivity contribution in [1.29, 1.82) is 0 Å². The molecule has 4 rings (SSSR count). The number of nitrogens with zero attached hydrogens (tertiary/aromatic N) is 4. The number of aromatic nitrogens is 1. The Kier molecular flexibility index (Phi) is 6.52. The summed E-state index contributed by atoms with van der Waals surface area (Å²) < 4.78 is 16.6. The summed E-state index contributed by atoms with van der Waals surface area (Å²) >= 11 is 7.09. The van der Waals surface area contributed by atoms with Gasteiger partial charge < -0.3 is 13.9 Å². The minimum atomic E-state index is -0.666. The molecule has 168 valence electrons. The predicted octanol–water partition coefficient (Wildman–Crippen LogP) is 4.91. The average molecular weight is 487 g/mol. The molecule has 0 aliphatic rings. The Morgan fingerprint density at radius 3 is 2.70 bits per heavy atom. The summed E-state index contributed by atoms with van der Waals surface area (Å²) in [6, 6.07) is 14.4. The first-order chi connectivity index (χ1) is 15.9. The molecule has 10 nitrogen and oxygen atoms in total. The first-order valence-electron chi connectivity index (χ1n) is 9.37. The third-order valence-corrected chi connectivity index (χ3v) is 5.52. The van der Waals surface area contributed by atoms with Gasteiger partial charge in [0, 0.05) is 5.02 Å². The van der Waals surface area contributed by atoms with E-state index in [1.807, 2.05) is 0 Å². The molecule has 0 saturated carbocycles. The molecule has 2 aromatic heterocycles. The zero-order valence-electron chi connectivity index (χ0n) is 17.0. The molecule has 2 heterocycles. The minimum absolute atomic E-state index is 0.0981. The zero-order chi connectivity index (χ0) is 23.4. The van der Waals surface area contributed by atoms with Crippen molar-refractivity contribution in [2.45, 2.75) is 0 Å². The number of hydrogen-bond donors (Lipinski definition) is 0. The second-order valence-electron chi connectivity index (χ2n) is 6.46. The van der Waals surface area contributed by atoms with Gasteiger partial charge in [0.2, 0.25) is 5.13 Å². The first kappa shape index (κ1) is 22.2. The van der Waals surface area contributed by atoms with Gasteiger partial charge in [0.15, 0.2) is 12.4 Å². The van der Waals surface area contributed by atoms with E-state index in [0.717, 1.165) is 9.71 Å². The lowest BCUT2D eigenvalue weighted by atomic mass is 10.3. The van der Waals surface area contributed by atoms with Crippen molar-refractivity contribution in [3.8, 4) is 11.5 Å². The minimum Gasteiger partial charge on any atom is -0.497 e. The number of carbonyl (C=O) groups is 1. The van der Waals surface area contributed by atoms with E-state index >= 15 is 0 Å². The summed E-state index contributed by atoms with van der Waals surface area (Å²) in [5.41, 5.74) is 0.649. The zero-order valence-corrected chi connectivity index (χ0v) is 18.6. The summed E-state index contributed by atoms with van der Waals surface area (Å²) in [5.74, 6) is 0.238. The molecule has 0 unspecified atom stereocenters. The van der Waals surface area contributed by atoms with Crippen molar-refractivity contribution < 1.29 is 23.6 Å². The van der Waals surface area contributed by atoms with E-state index in [2.05, 4.69) is 10.1 Å². The maximum atomic E-state index is 13.0. The van der Waals surface area contributed by atoms with Crippen LogP contribution in [0.4, 0.5) is 11.0 Å². The highest BCUT2D eigenvalue weighted by atomic mass is 35.5. The highest BCUT2D eigenvalue weighted by Crippen LogP contribution is 2.32. The van der Waals surface area contributed by atoms with Gasteiger partial charge in [-0.25, -0.2) is 4.98 Å². The predicted molar refractivity (Wildman–Crippen MR) is 124 cm³/mol. The van der Waals surface area contributed by atoms with Crippen molar-refractivity contribution in [1.82, 2.24) is 4.98 Å². The van der Waals surface area contributed by atoms with Crippen molar-refractivity contribution in [3.05, 3.63) is 75.5 Å². The van der Waals surface area contributed by atoms with Crippen LogP contribution in [-0.4, -0.2) is 35.7 Å². The van der Waals surface area contributed by atoms with E-state index < -0.39 is 16.7 Å². The Morgan fingerprint density at radius 1 is 1.24 bits per heavy atom. The Bertz CT molecular complexity index is 1330. The molecule has 0 atom stereocenters. The van der Waals surface area contributed by atoms with Gasteiger partial charge in [0.25, 0.3) is 5.91 Å². The number of carbonyl (C=O) groups excluding carboxylic acids is 1. The second-order valence-corrected chi connectivity index (χ2v) is 7.90. The summed E-state index contributed by atoms with van der Waals surface area (Å²) in [6.45, 7) is -0.337. The smallest absolute Gasteiger partial charge is 0.433 e. The SMILES string of the molecule is COc1ccc2nc(N(/N=C/c3ccc([N+](=O)[O-])o3)C(=O)COc3ccc(Cl)cc3)sc2c1. The number of hydrazone groups is 1. The number of methoxy groups -OCH3 is 1. The molecule has 2 aromatic carbocycles. The molecular formula is C21H15ClN4O6S. The fraction of sp³-hybridized carbons (Fsp3) is 0.0952. The van der Waals surface area contributed by atoms with E-state index in [-0.39, 0.29) is 17.5 Å². The van der Waals surface area contributed by atoms with Crippen LogP contribution in [0.25, 0.3) is 10.2 Å². The number of halogens is 1. The summed E-state index contributed by atoms with van der Waals surface area (Å²) in [6.07, 6.45) is 1.19.